The van der Waals surface area contributed by atoms with Crippen molar-refractivity contribution in [2.45, 2.75) is 31.8 Å². The second-order valence-electron chi connectivity index (χ2n) is 2.39. The van der Waals surface area contributed by atoms with Gasteiger partial charge in [-0.1, -0.05) is 6.08 Å². The highest BCUT2D eigenvalue weighted by atomic mass is 16.3. The number of rotatable bonds is 6. The number of allylic oxidation sites excluding steroid dienone is 1. The second kappa shape index (κ2) is 6.78. The lowest BCUT2D eigenvalue weighted by molar-refractivity contribution is 0.123. The summed E-state index contributed by atoms with van der Waals surface area (Å²) >= 11 is 0. The molecule has 0 aliphatic carbocycles. The third kappa shape index (κ3) is 5.79. The molecule has 2 N–H and O–H groups in total. The molecule has 0 radical (unpaired) electrons. The summed E-state index contributed by atoms with van der Waals surface area (Å²) in [7, 11) is 0. The third-order valence-electron chi connectivity index (χ3n) is 1.41. The van der Waals surface area contributed by atoms with Gasteiger partial charge in [-0.05, 0) is 25.7 Å². The maximum atomic E-state index is 9.08. The summed E-state index contributed by atoms with van der Waals surface area (Å²) < 4.78 is 0. The van der Waals surface area contributed by atoms with E-state index in [9.17, 15) is 0 Å². The fraction of sp³-hybridized carbons (Fsp3) is 0.750. The lowest BCUT2D eigenvalue weighted by Gasteiger charge is -2.05. The predicted octanol–water partition coefficient (Wildman–Crippen LogP) is 1.09. The summed E-state index contributed by atoms with van der Waals surface area (Å²) in [5, 5.41) is 17.5. The summed E-state index contributed by atoms with van der Waals surface area (Å²) in [6.07, 6.45) is 4.69. The zero-order valence-electron chi connectivity index (χ0n) is 6.29. The van der Waals surface area contributed by atoms with Gasteiger partial charge in [-0.2, -0.15) is 0 Å². The molecule has 0 aromatic carbocycles. The molecule has 0 bridgehead atoms. The van der Waals surface area contributed by atoms with E-state index < -0.39 is 0 Å². The molecule has 1 atom stereocenters. The fourth-order valence-electron chi connectivity index (χ4n) is 0.791. The Hall–Kier alpha value is -0.340. The molecule has 0 saturated heterocycles. The quantitative estimate of drug-likeness (QED) is 0.432. The van der Waals surface area contributed by atoms with Crippen LogP contribution in [0.3, 0.4) is 0 Å². The van der Waals surface area contributed by atoms with E-state index in [-0.39, 0.29) is 12.7 Å². The van der Waals surface area contributed by atoms with Crippen molar-refractivity contribution >= 4 is 0 Å². The van der Waals surface area contributed by atoms with Crippen LogP contribution in [-0.4, -0.2) is 22.9 Å². The van der Waals surface area contributed by atoms with Crippen molar-refractivity contribution in [3.63, 3.8) is 0 Å². The van der Waals surface area contributed by atoms with Gasteiger partial charge in [0.05, 0.1) is 6.10 Å². The Balaban J connectivity index is 3.04. The summed E-state index contributed by atoms with van der Waals surface area (Å²) in [6, 6.07) is 0. The van der Waals surface area contributed by atoms with E-state index in [1.165, 1.54) is 0 Å². The van der Waals surface area contributed by atoms with Crippen LogP contribution in [0.1, 0.15) is 25.7 Å². The van der Waals surface area contributed by atoms with Gasteiger partial charge in [0.25, 0.3) is 0 Å². The zero-order valence-corrected chi connectivity index (χ0v) is 6.29. The number of hydrogen-bond acceptors (Lipinski definition) is 2. The van der Waals surface area contributed by atoms with Gasteiger partial charge < -0.3 is 10.2 Å². The van der Waals surface area contributed by atoms with Crippen LogP contribution >= 0.6 is 0 Å². The molecule has 0 aromatic heterocycles. The highest BCUT2D eigenvalue weighted by Gasteiger charge is 2.00. The number of hydrogen-bond donors (Lipinski definition) is 2. The van der Waals surface area contributed by atoms with Gasteiger partial charge in [-0.25, -0.2) is 0 Å². The molecular weight excluding hydrogens is 128 g/mol. The topological polar surface area (TPSA) is 40.5 Å². The van der Waals surface area contributed by atoms with Gasteiger partial charge in [-0.3, -0.25) is 0 Å². The number of unbranched alkanes of at least 4 members (excludes halogenated alkanes) is 1. The average Bonchev–Trinajstić information content (AvgIpc) is 1.89. The lowest BCUT2D eigenvalue weighted by Crippen LogP contribution is -2.07. The summed E-state index contributed by atoms with van der Waals surface area (Å²) in [5.41, 5.74) is 0. The van der Waals surface area contributed by atoms with Gasteiger partial charge in [0, 0.05) is 6.61 Å². The van der Waals surface area contributed by atoms with Crippen molar-refractivity contribution in [3.05, 3.63) is 12.7 Å². The normalized spacial score (nSPS) is 13.0. The number of aliphatic hydroxyl groups is 2. The van der Waals surface area contributed by atoms with Crippen LogP contribution < -0.4 is 0 Å². The van der Waals surface area contributed by atoms with Crippen molar-refractivity contribution in [2.75, 3.05) is 6.61 Å². The largest absolute Gasteiger partial charge is 0.396 e. The van der Waals surface area contributed by atoms with Gasteiger partial charge in [0.2, 0.25) is 0 Å². The van der Waals surface area contributed by atoms with E-state index in [1.54, 1.807) is 0 Å². The van der Waals surface area contributed by atoms with Crippen LogP contribution in [0.5, 0.6) is 0 Å². The van der Waals surface area contributed by atoms with Crippen molar-refractivity contribution in [3.8, 4) is 0 Å². The maximum absolute atomic E-state index is 9.08. The standard InChI is InChI=1S/C8H16O2/c1-2-3-4-5-8(10)6-7-9/h2,8-10H,1,3-7H2/t8-/m0/s1. The first-order valence-electron chi connectivity index (χ1n) is 3.71. The van der Waals surface area contributed by atoms with Crippen LogP contribution in [0.25, 0.3) is 0 Å². The van der Waals surface area contributed by atoms with E-state index in [0.717, 1.165) is 19.3 Å². The molecule has 0 saturated carbocycles. The molecule has 0 unspecified atom stereocenters. The van der Waals surface area contributed by atoms with Crippen LogP contribution in [-0.2, 0) is 0 Å². The van der Waals surface area contributed by atoms with E-state index in [4.69, 9.17) is 10.2 Å². The minimum Gasteiger partial charge on any atom is -0.396 e. The lowest BCUT2D eigenvalue weighted by atomic mass is 10.1. The first kappa shape index (κ1) is 9.66. The molecule has 0 aromatic rings. The van der Waals surface area contributed by atoms with Crippen molar-refractivity contribution in [2.24, 2.45) is 0 Å². The minimum absolute atomic E-state index is 0.0786. The van der Waals surface area contributed by atoms with Gasteiger partial charge >= 0.3 is 0 Å². The second-order valence-corrected chi connectivity index (χ2v) is 2.39. The Morgan fingerprint density at radius 1 is 1.40 bits per heavy atom. The van der Waals surface area contributed by atoms with Crippen LogP contribution in [0.4, 0.5) is 0 Å². The van der Waals surface area contributed by atoms with Crippen LogP contribution in [0.15, 0.2) is 12.7 Å². The van der Waals surface area contributed by atoms with Gasteiger partial charge in [-0.15, -0.1) is 6.58 Å². The molecule has 2 heteroatoms. The van der Waals surface area contributed by atoms with Crippen molar-refractivity contribution < 1.29 is 10.2 Å². The Bertz CT molecular complexity index is 81.3. The summed E-state index contributed by atoms with van der Waals surface area (Å²) in [5.74, 6) is 0. The van der Waals surface area contributed by atoms with Crippen LogP contribution in [0.2, 0.25) is 0 Å². The summed E-state index contributed by atoms with van der Waals surface area (Å²) in [4.78, 5) is 0. The van der Waals surface area contributed by atoms with E-state index in [0.29, 0.717) is 6.42 Å². The average molecular weight is 144 g/mol. The van der Waals surface area contributed by atoms with E-state index >= 15 is 0 Å². The van der Waals surface area contributed by atoms with Crippen LogP contribution in [0, 0.1) is 0 Å². The predicted molar refractivity (Wildman–Crippen MR) is 41.8 cm³/mol. The zero-order chi connectivity index (χ0) is 7.82. The fourth-order valence-corrected chi connectivity index (χ4v) is 0.791. The molecule has 0 amide bonds. The van der Waals surface area contributed by atoms with Crippen molar-refractivity contribution in [1.29, 1.82) is 0 Å². The van der Waals surface area contributed by atoms with E-state index in [2.05, 4.69) is 6.58 Å². The highest BCUT2D eigenvalue weighted by molar-refractivity contribution is 4.67. The van der Waals surface area contributed by atoms with Crippen molar-refractivity contribution in [1.82, 2.24) is 0 Å². The first-order valence-corrected chi connectivity index (χ1v) is 3.71. The monoisotopic (exact) mass is 144 g/mol. The molecule has 10 heavy (non-hydrogen) atoms. The summed E-state index contributed by atoms with van der Waals surface area (Å²) in [6.45, 7) is 3.65. The Morgan fingerprint density at radius 2 is 2.10 bits per heavy atom. The molecular formula is C8H16O2. The van der Waals surface area contributed by atoms with Gasteiger partial charge in [0.15, 0.2) is 0 Å². The van der Waals surface area contributed by atoms with E-state index in [1.807, 2.05) is 6.08 Å². The van der Waals surface area contributed by atoms with Gasteiger partial charge in [0.1, 0.15) is 0 Å². The molecule has 2 nitrogen and oxygen atoms in total. The molecule has 0 spiro atoms. The Kier molecular flexibility index (Phi) is 6.55. The molecule has 0 heterocycles. The Morgan fingerprint density at radius 3 is 2.60 bits per heavy atom. The SMILES string of the molecule is C=CCCC[C@H](O)CCO. The Labute approximate surface area is 62.2 Å². The molecule has 0 fully saturated rings. The molecule has 0 rings (SSSR count). The highest BCUT2D eigenvalue weighted by Crippen LogP contribution is 2.03. The number of aliphatic hydroxyl groups excluding tert-OH is 2. The molecule has 0 aliphatic heterocycles. The maximum Gasteiger partial charge on any atom is 0.0562 e. The molecule has 60 valence electrons. The first-order chi connectivity index (χ1) is 4.81. The molecule has 0 aliphatic rings. The smallest absolute Gasteiger partial charge is 0.0562 e. The third-order valence-corrected chi connectivity index (χ3v) is 1.41. The minimum atomic E-state index is -0.329.